The maximum atomic E-state index is 12.4. The fourth-order valence-corrected chi connectivity index (χ4v) is 2.64. The van der Waals surface area contributed by atoms with E-state index in [9.17, 15) is 24.3 Å². The third kappa shape index (κ3) is 6.99. The van der Waals surface area contributed by atoms with Crippen molar-refractivity contribution in [3.05, 3.63) is 0 Å². The highest BCUT2D eigenvalue weighted by Crippen LogP contribution is 2.08. The molecule has 3 atom stereocenters. The molecule has 4 amide bonds. The largest absolute Gasteiger partial charge is 0.394 e. The maximum absolute atomic E-state index is 12.4. The average molecular weight is 370 g/mol. The lowest BCUT2D eigenvalue weighted by molar-refractivity contribution is -0.134. The average Bonchev–Trinajstić information content (AvgIpc) is 2.97. The number of nitrogens with one attached hydrogen (secondary N) is 4. The Labute approximate surface area is 153 Å². The van der Waals surface area contributed by atoms with E-state index in [-0.39, 0.29) is 30.2 Å². The van der Waals surface area contributed by atoms with Crippen molar-refractivity contribution in [2.75, 3.05) is 6.61 Å². The molecule has 0 aliphatic carbocycles. The van der Waals surface area contributed by atoms with Gasteiger partial charge < -0.3 is 26.4 Å². The van der Waals surface area contributed by atoms with E-state index >= 15 is 0 Å². The van der Waals surface area contributed by atoms with Crippen LogP contribution in [0.25, 0.3) is 0 Å². The highest BCUT2D eigenvalue weighted by atomic mass is 16.3. The first-order valence-electron chi connectivity index (χ1n) is 8.95. The number of rotatable bonds is 9. The second kappa shape index (κ2) is 10.1. The van der Waals surface area contributed by atoms with Gasteiger partial charge in [0.1, 0.15) is 18.1 Å². The highest BCUT2D eigenvalue weighted by molar-refractivity contribution is 5.95. The summed E-state index contributed by atoms with van der Waals surface area (Å²) in [6, 6.07) is -2.74. The third-order valence-corrected chi connectivity index (χ3v) is 3.90. The minimum absolute atomic E-state index is 0.0756. The molecule has 1 fully saturated rings. The van der Waals surface area contributed by atoms with Crippen LogP contribution in [-0.4, -0.2) is 59.5 Å². The monoisotopic (exact) mass is 370 g/mol. The van der Waals surface area contributed by atoms with Gasteiger partial charge in [-0.1, -0.05) is 13.8 Å². The van der Waals surface area contributed by atoms with Crippen LogP contribution < -0.4 is 21.3 Å². The SMILES string of the molecule is CC(C)CC(NC(=O)C(CO)NC(=O)C1CCC(=O)N1)C(=O)NC(C)C. The van der Waals surface area contributed by atoms with Crippen LogP contribution >= 0.6 is 0 Å². The number of carbonyl (C=O) groups excluding carboxylic acids is 4. The molecule has 0 bridgehead atoms. The first-order chi connectivity index (χ1) is 12.1. The molecule has 0 spiro atoms. The van der Waals surface area contributed by atoms with Crippen molar-refractivity contribution in [3.8, 4) is 0 Å². The Hall–Kier alpha value is -2.16. The van der Waals surface area contributed by atoms with Gasteiger partial charge in [0.15, 0.2) is 0 Å². The van der Waals surface area contributed by atoms with Gasteiger partial charge in [0.25, 0.3) is 0 Å². The van der Waals surface area contributed by atoms with Crippen LogP contribution in [0.15, 0.2) is 0 Å². The van der Waals surface area contributed by atoms with Crippen LogP contribution in [0.4, 0.5) is 0 Å². The van der Waals surface area contributed by atoms with Crippen LogP contribution in [0, 0.1) is 5.92 Å². The van der Waals surface area contributed by atoms with Crippen molar-refractivity contribution in [1.82, 2.24) is 21.3 Å². The van der Waals surface area contributed by atoms with E-state index in [1.54, 1.807) is 0 Å². The molecule has 0 aromatic carbocycles. The predicted octanol–water partition coefficient (Wildman–Crippen LogP) is -1.20. The molecule has 26 heavy (non-hydrogen) atoms. The molecule has 148 valence electrons. The normalized spacial score (nSPS) is 19.0. The number of amides is 4. The van der Waals surface area contributed by atoms with E-state index in [0.29, 0.717) is 12.8 Å². The zero-order chi connectivity index (χ0) is 19.9. The molecule has 1 saturated heterocycles. The fourth-order valence-electron chi connectivity index (χ4n) is 2.64. The Balaban J connectivity index is 2.69. The number of aliphatic hydroxyl groups excluding tert-OH is 1. The molecule has 0 aromatic rings. The molecule has 0 saturated carbocycles. The highest BCUT2D eigenvalue weighted by Gasteiger charge is 2.31. The molecule has 1 aliphatic heterocycles. The summed E-state index contributed by atoms with van der Waals surface area (Å²) in [5, 5.41) is 19.7. The van der Waals surface area contributed by atoms with Gasteiger partial charge in [0.05, 0.1) is 6.61 Å². The second-order valence-electron chi connectivity index (χ2n) is 7.26. The standard InChI is InChI=1S/C17H30N4O5/c1-9(2)7-12(16(25)18-10(3)4)20-17(26)13(8-22)21-15(24)11-5-6-14(23)19-11/h9-13,22H,5-8H2,1-4H3,(H,18,25)(H,19,23)(H,20,26)(H,21,24). The van der Waals surface area contributed by atoms with Crippen molar-refractivity contribution in [3.63, 3.8) is 0 Å². The Kier molecular flexibility index (Phi) is 8.50. The molecular formula is C17H30N4O5. The van der Waals surface area contributed by atoms with Crippen LogP contribution in [0.1, 0.15) is 47.0 Å². The van der Waals surface area contributed by atoms with Crippen LogP contribution in [-0.2, 0) is 19.2 Å². The van der Waals surface area contributed by atoms with E-state index in [1.807, 2.05) is 27.7 Å². The number of hydrogen-bond acceptors (Lipinski definition) is 5. The van der Waals surface area contributed by atoms with Crippen LogP contribution in [0.2, 0.25) is 0 Å². The Morgan fingerprint density at radius 2 is 1.69 bits per heavy atom. The van der Waals surface area contributed by atoms with E-state index in [1.165, 1.54) is 0 Å². The first kappa shape index (κ1) is 21.9. The van der Waals surface area contributed by atoms with E-state index < -0.39 is 36.5 Å². The molecule has 0 radical (unpaired) electrons. The summed E-state index contributed by atoms with van der Waals surface area (Å²) in [7, 11) is 0. The van der Waals surface area contributed by atoms with Crippen molar-refractivity contribution < 1.29 is 24.3 Å². The van der Waals surface area contributed by atoms with Crippen molar-refractivity contribution in [1.29, 1.82) is 0 Å². The molecule has 9 nitrogen and oxygen atoms in total. The second-order valence-corrected chi connectivity index (χ2v) is 7.26. The molecule has 5 N–H and O–H groups in total. The number of hydrogen-bond donors (Lipinski definition) is 5. The summed E-state index contributed by atoms with van der Waals surface area (Å²) in [6.07, 6.45) is 1.02. The van der Waals surface area contributed by atoms with Gasteiger partial charge in [-0.15, -0.1) is 0 Å². The molecule has 3 unspecified atom stereocenters. The number of aliphatic hydroxyl groups is 1. The predicted molar refractivity (Wildman–Crippen MR) is 94.8 cm³/mol. The minimum Gasteiger partial charge on any atom is -0.394 e. The van der Waals surface area contributed by atoms with Crippen molar-refractivity contribution in [2.24, 2.45) is 5.92 Å². The topological polar surface area (TPSA) is 137 Å². The molecular weight excluding hydrogens is 340 g/mol. The van der Waals surface area contributed by atoms with Crippen LogP contribution in [0.3, 0.4) is 0 Å². The van der Waals surface area contributed by atoms with Gasteiger partial charge >= 0.3 is 0 Å². The molecule has 1 rings (SSSR count). The van der Waals surface area contributed by atoms with E-state index in [0.717, 1.165) is 0 Å². The minimum atomic E-state index is -1.19. The molecule has 9 heteroatoms. The lowest BCUT2D eigenvalue weighted by atomic mass is 10.0. The van der Waals surface area contributed by atoms with Crippen molar-refractivity contribution in [2.45, 2.75) is 71.1 Å². The number of carbonyl (C=O) groups is 4. The third-order valence-electron chi connectivity index (χ3n) is 3.90. The molecule has 0 aromatic heterocycles. The summed E-state index contributed by atoms with van der Waals surface area (Å²) in [5.41, 5.74) is 0. The smallest absolute Gasteiger partial charge is 0.245 e. The quantitative estimate of drug-likeness (QED) is 0.347. The lowest BCUT2D eigenvalue weighted by Gasteiger charge is -2.24. The summed E-state index contributed by atoms with van der Waals surface area (Å²) < 4.78 is 0. The fraction of sp³-hybridized carbons (Fsp3) is 0.765. The molecule has 1 heterocycles. The van der Waals surface area contributed by atoms with Gasteiger partial charge in [-0.2, -0.15) is 0 Å². The summed E-state index contributed by atoms with van der Waals surface area (Å²) in [6.45, 7) is 6.88. The Morgan fingerprint density at radius 1 is 1.08 bits per heavy atom. The van der Waals surface area contributed by atoms with Gasteiger partial charge in [0, 0.05) is 12.5 Å². The van der Waals surface area contributed by atoms with Gasteiger partial charge in [-0.25, -0.2) is 0 Å². The summed E-state index contributed by atoms with van der Waals surface area (Å²) >= 11 is 0. The Bertz CT molecular complexity index is 535. The summed E-state index contributed by atoms with van der Waals surface area (Å²) in [4.78, 5) is 48.0. The summed E-state index contributed by atoms with van der Waals surface area (Å²) in [5.74, 6) is -1.55. The Morgan fingerprint density at radius 3 is 2.15 bits per heavy atom. The first-order valence-corrected chi connectivity index (χ1v) is 8.95. The van der Waals surface area contributed by atoms with Crippen LogP contribution in [0.5, 0.6) is 0 Å². The maximum Gasteiger partial charge on any atom is 0.245 e. The van der Waals surface area contributed by atoms with Gasteiger partial charge in [-0.05, 0) is 32.6 Å². The van der Waals surface area contributed by atoms with E-state index in [4.69, 9.17) is 0 Å². The molecule has 1 aliphatic rings. The lowest BCUT2D eigenvalue weighted by Crippen LogP contribution is -2.57. The zero-order valence-corrected chi connectivity index (χ0v) is 15.8. The van der Waals surface area contributed by atoms with Gasteiger partial charge in [0.2, 0.25) is 23.6 Å². The van der Waals surface area contributed by atoms with Crippen molar-refractivity contribution >= 4 is 23.6 Å². The van der Waals surface area contributed by atoms with Gasteiger partial charge in [-0.3, -0.25) is 19.2 Å². The van der Waals surface area contributed by atoms with E-state index in [2.05, 4.69) is 21.3 Å². The zero-order valence-electron chi connectivity index (χ0n) is 15.8.